The highest BCUT2D eigenvalue weighted by atomic mass is 16.5. The van der Waals surface area contributed by atoms with E-state index in [1.807, 2.05) is 4.90 Å². The number of nitrogens with zero attached hydrogens (tertiary/aromatic N) is 1. The molecule has 1 rings (SSSR count). The van der Waals surface area contributed by atoms with Crippen LogP contribution in [-0.2, 0) is 9.53 Å². The lowest BCUT2D eigenvalue weighted by atomic mass is 10.1. The van der Waals surface area contributed by atoms with Gasteiger partial charge in [-0.1, -0.05) is 12.8 Å². The van der Waals surface area contributed by atoms with Crippen molar-refractivity contribution in [2.75, 3.05) is 26.8 Å². The molecule has 1 atom stereocenters. The zero-order valence-electron chi connectivity index (χ0n) is 9.58. The molecule has 1 aliphatic heterocycles. The number of methoxy groups -OCH3 is 1. The first kappa shape index (κ1) is 12.5. The van der Waals surface area contributed by atoms with E-state index >= 15 is 0 Å². The summed E-state index contributed by atoms with van der Waals surface area (Å²) in [6.45, 7) is 1.95. The molecule has 1 fully saturated rings. The molecule has 0 aromatic heterocycles. The molecule has 0 aromatic rings. The average Bonchev–Trinajstić information content (AvgIpc) is 2.50. The number of hydrogen-bond acceptors (Lipinski definition) is 3. The minimum atomic E-state index is 0.189. The maximum absolute atomic E-state index is 11.9. The maximum atomic E-state index is 11.9. The molecule has 1 aliphatic rings. The van der Waals surface area contributed by atoms with Gasteiger partial charge in [0.1, 0.15) is 0 Å². The number of hydrogen-bond donors (Lipinski definition) is 1. The van der Waals surface area contributed by atoms with Crippen molar-refractivity contribution >= 4 is 5.91 Å². The number of carbonyl (C=O) groups excluding carboxylic acids is 1. The van der Waals surface area contributed by atoms with Crippen LogP contribution in [0.3, 0.4) is 0 Å². The van der Waals surface area contributed by atoms with Crippen molar-refractivity contribution in [1.29, 1.82) is 0 Å². The lowest BCUT2D eigenvalue weighted by Gasteiger charge is -2.29. The van der Waals surface area contributed by atoms with E-state index in [-0.39, 0.29) is 11.9 Å². The Bertz CT molecular complexity index is 197. The maximum Gasteiger partial charge on any atom is 0.225 e. The number of likely N-dealkylation sites (tertiary alicyclic amines) is 1. The van der Waals surface area contributed by atoms with Crippen LogP contribution in [0.25, 0.3) is 0 Å². The first-order valence-corrected chi connectivity index (χ1v) is 5.78. The van der Waals surface area contributed by atoms with Gasteiger partial charge < -0.3 is 15.4 Å². The van der Waals surface area contributed by atoms with Crippen LogP contribution in [-0.4, -0.2) is 43.7 Å². The van der Waals surface area contributed by atoms with Crippen molar-refractivity contribution in [3.05, 3.63) is 0 Å². The van der Waals surface area contributed by atoms with Crippen molar-refractivity contribution in [1.82, 2.24) is 4.90 Å². The molecule has 1 saturated heterocycles. The van der Waals surface area contributed by atoms with E-state index in [9.17, 15) is 4.79 Å². The number of rotatable bonds is 4. The van der Waals surface area contributed by atoms with Crippen LogP contribution < -0.4 is 5.73 Å². The van der Waals surface area contributed by atoms with Crippen LogP contribution in [0, 0.1) is 0 Å². The Morgan fingerprint density at radius 2 is 2.27 bits per heavy atom. The standard InChI is InChI=1S/C11H22N2O2/c1-15-8-6-11(14)13-7-4-2-3-5-10(13)9-12/h10H,2-9,12H2,1H3. The van der Waals surface area contributed by atoms with E-state index < -0.39 is 0 Å². The highest BCUT2D eigenvalue weighted by molar-refractivity contribution is 5.76. The Kier molecular flexibility index (Phi) is 5.65. The molecule has 0 bridgehead atoms. The Labute approximate surface area is 91.8 Å². The van der Waals surface area contributed by atoms with E-state index in [0.717, 1.165) is 19.4 Å². The SMILES string of the molecule is COCCC(=O)N1CCCCCC1CN. The fourth-order valence-electron chi connectivity index (χ4n) is 2.08. The molecule has 4 nitrogen and oxygen atoms in total. The van der Waals surface area contributed by atoms with E-state index in [1.54, 1.807) is 7.11 Å². The molecular formula is C11H22N2O2. The smallest absolute Gasteiger partial charge is 0.225 e. The van der Waals surface area contributed by atoms with Crippen LogP contribution >= 0.6 is 0 Å². The molecular weight excluding hydrogens is 192 g/mol. The van der Waals surface area contributed by atoms with Crippen LogP contribution in [0.5, 0.6) is 0 Å². The summed E-state index contributed by atoms with van der Waals surface area (Å²) in [7, 11) is 1.62. The molecule has 0 aromatic carbocycles. The summed E-state index contributed by atoms with van der Waals surface area (Å²) in [6.07, 6.45) is 5.04. The lowest BCUT2D eigenvalue weighted by molar-refractivity contribution is -0.134. The van der Waals surface area contributed by atoms with E-state index in [1.165, 1.54) is 12.8 Å². The summed E-state index contributed by atoms with van der Waals surface area (Å²) in [5, 5.41) is 0. The Hall–Kier alpha value is -0.610. The molecule has 1 amide bonds. The number of amides is 1. The number of carbonyl (C=O) groups is 1. The molecule has 1 unspecified atom stereocenters. The van der Waals surface area contributed by atoms with Gasteiger partial charge in [0.25, 0.3) is 0 Å². The highest BCUT2D eigenvalue weighted by Gasteiger charge is 2.23. The van der Waals surface area contributed by atoms with Crippen LogP contribution in [0.15, 0.2) is 0 Å². The van der Waals surface area contributed by atoms with Gasteiger partial charge >= 0.3 is 0 Å². The second-order valence-corrected chi connectivity index (χ2v) is 4.07. The van der Waals surface area contributed by atoms with Crippen molar-refractivity contribution in [2.24, 2.45) is 5.73 Å². The predicted molar refractivity (Wildman–Crippen MR) is 59.5 cm³/mol. The van der Waals surface area contributed by atoms with E-state index in [0.29, 0.717) is 19.6 Å². The molecule has 0 spiro atoms. The van der Waals surface area contributed by atoms with Crippen molar-refractivity contribution in [3.63, 3.8) is 0 Å². The fraction of sp³-hybridized carbons (Fsp3) is 0.909. The first-order valence-electron chi connectivity index (χ1n) is 5.78. The normalized spacial score (nSPS) is 22.5. The number of ether oxygens (including phenoxy) is 1. The largest absolute Gasteiger partial charge is 0.384 e. The lowest BCUT2D eigenvalue weighted by Crippen LogP contribution is -2.44. The van der Waals surface area contributed by atoms with Gasteiger partial charge in [0, 0.05) is 26.2 Å². The zero-order chi connectivity index (χ0) is 11.1. The second-order valence-electron chi connectivity index (χ2n) is 4.07. The van der Waals surface area contributed by atoms with Gasteiger partial charge in [0.15, 0.2) is 0 Å². The molecule has 88 valence electrons. The second kappa shape index (κ2) is 6.80. The van der Waals surface area contributed by atoms with Gasteiger partial charge in [0.05, 0.1) is 13.0 Å². The Balaban J connectivity index is 2.49. The molecule has 0 radical (unpaired) electrons. The zero-order valence-corrected chi connectivity index (χ0v) is 9.58. The predicted octanol–water partition coefficient (Wildman–Crippen LogP) is 0.753. The third-order valence-electron chi connectivity index (χ3n) is 2.99. The third-order valence-corrected chi connectivity index (χ3v) is 2.99. The fourth-order valence-corrected chi connectivity index (χ4v) is 2.08. The highest BCUT2D eigenvalue weighted by Crippen LogP contribution is 2.16. The van der Waals surface area contributed by atoms with Crippen LogP contribution in [0.2, 0.25) is 0 Å². The van der Waals surface area contributed by atoms with E-state index in [4.69, 9.17) is 10.5 Å². The molecule has 0 aliphatic carbocycles. The molecule has 0 saturated carbocycles. The van der Waals surface area contributed by atoms with Crippen molar-refractivity contribution < 1.29 is 9.53 Å². The van der Waals surface area contributed by atoms with Crippen molar-refractivity contribution in [3.8, 4) is 0 Å². The summed E-state index contributed by atoms with van der Waals surface area (Å²) >= 11 is 0. The summed E-state index contributed by atoms with van der Waals surface area (Å²) in [6, 6.07) is 0.247. The average molecular weight is 214 g/mol. The quantitative estimate of drug-likeness (QED) is 0.751. The Morgan fingerprint density at radius 1 is 1.47 bits per heavy atom. The minimum Gasteiger partial charge on any atom is -0.384 e. The minimum absolute atomic E-state index is 0.189. The summed E-state index contributed by atoms with van der Waals surface area (Å²) in [5.74, 6) is 0.189. The van der Waals surface area contributed by atoms with Gasteiger partial charge in [-0.2, -0.15) is 0 Å². The van der Waals surface area contributed by atoms with Gasteiger partial charge in [-0.3, -0.25) is 4.79 Å². The topological polar surface area (TPSA) is 55.6 Å². The van der Waals surface area contributed by atoms with Gasteiger partial charge in [0.2, 0.25) is 5.91 Å². The summed E-state index contributed by atoms with van der Waals surface area (Å²) < 4.78 is 4.92. The molecule has 15 heavy (non-hydrogen) atoms. The third kappa shape index (κ3) is 3.80. The van der Waals surface area contributed by atoms with Crippen LogP contribution in [0.1, 0.15) is 32.1 Å². The first-order chi connectivity index (χ1) is 7.29. The van der Waals surface area contributed by atoms with E-state index in [2.05, 4.69) is 0 Å². The number of nitrogens with two attached hydrogens (primary N) is 1. The van der Waals surface area contributed by atoms with Gasteiger partial charge in [-0.15, -0.1) is 0 Å². The molecule has 2 N–H and O–H groups in total. The Morgan fingerprint density at radius 3 is 2.93 bits per heavy atom. The summed E-state index contributed by atoms with van der Waals surface area (Å²) in [4.78, 5) is 13.8. The van der Waals surface area contributed by atoms with Crippen molar-refractivity contribution in [2.45, 2.75) is 38.1 Å². The monoisotopic (exact) mass is 214 g/mol. The van der Waals surface area contributed by atoms with Gasteiger partial charge in [-0.25, -0.2) is 0 Å². The van der Waals surface area contributed by atoms with Gasteiger partial charge in [-0.05, 0) is 12.8 Å². The summed E-state index contributed by atoms with van der Waals surface area (Å²) in [5.41, 5.74) is 5.70. The molecule has 1 heterocycles. The van der Waals surface area contributed by atoms with Crippen LogP contribution in [0.4, 0.5) is 0 Å². The molecule has 4 heteroatoms.